The van der Waals surface area contributed by atoms with Gasteiger partial charge in [-0.15, -0.1) is 0 Å². The minimum absolute atomic E-state index is 0. The second-order valence-electron chi connectivity index (χ2n) is 1.88. The summed E-state index contributed by atoms with van der Waals surface area (Å²) in [6.07, 6.45) is 0. The Bertz CT molecular complexity index is 256. The molecule has 0 aliphatic rings. The van der Waals surface area contributed by atoms with Gasteiger partial charge in [-0.1, -0.05) is 18.2 Å². The summed E-state index contributed by atoms with van der Waals surface area (Å²) in [4.78, 5) is 17.2. The van der Waals surface area contributed by atoms with Crippen LogP contribution < -0.4 is 5.30 Å². The van der Waals surface area contributed by atoms with Crippen molar-refractivity contribution < 1.29 is 41.7 Å². The molecule has 1 aromatic rings. The molecule has 0 aromatic heterocycles. The van der Waals surface area contributed by atoms with E-state index in [0.717, 1.165) is 0 Å². The Hall–Kier alpha value is 0.292. The Balaban J connectivity index is 0.000001000. The van der Waals surface area contributed by atoms with Gasteiger partial charge in [-0.25, -0.2) is 0 Å². The van der Waals surface area contributed by atoms with E-state index in [1.165, 1.54) is 12.1 Å². The number of hydrogen-bond acceptors (Lipinski definition) is 1. The van der Waals surface area contributed by atoms with Gasteiger partial charge in [0.1, 0.15) is 0 Å². The molecule has 1 rings (SSSR count). The Morgan fingerprint density at radius 1 is 1.09 bits per heavy atom. The van der Waals surface area contributed by atoms with Gasteiger partial charge in [0.2, 0.25) is 0 Å². The zero-order valence-corrected chi connectivity index (χ0v) is 10.8. The average Bonchev–Trinajstić information content (AvgIpc) is 1.88. The largest absolute Gasteiger partial charge is 0.356 e. The van der Waals surface area contributed by atoms with Crippen molar-refractivity contribution in [2.45, 2.75) is 0 Å². The fourth-order valence-corrected chi connectivity index (χ4v) is 1.18. The molecular formula is C6H7CdO3P. The fraction of sp³-hybridized carbons (Fsp3) is 0. The predicted molar refractivity (Wildman–Crippen MR) is 38.1 cm³/mol. The third kappa shape index (κ3) is 3.46. The van der Waals surface area contributed by atoms with Crippen LogP contribution in [0.1, 0.15) is 0 Å². The van der Waals surface area contributed by atoms with Gasteiger partial charge in [-0.2, -0.15) is 0 Å². The molecule has 0 spiro atoms. The van der Waals surface area contributed by atoms with Crippen molar-refractivity contribution in [1.82, 2.24) is 0 Å². The van der Waals surface area contributed by atoms with Crippen molar-refractivity contribution in [3.05, 3.63) is 30.3 Å². The standard InChI is InChI=1S/C6H7O3P.Cd/c7-10(8,9)6-4-2-1-3-5-6;/h1-5H,(H2,7,8,9);. The van der Waals surface area contributed by atoms with E-state index in [1.54, 1.807) is 18.2 Å². The molecule has 0 heterocycles. The second-order valence-corrected chi connectivity index (χ2v) is 3.48. The van der Waals surface area contributed by atoms with E-state index in [4.69, 9.17) is 9.79 Å². The van der Waals surface area contributed by atoms with Crippen LogP contribution in [0.15, 0.2) is 30.3 Å². The Morgan fingerprint density at radius 3 is 1.82 bits per heavy atom. The summed E-state index contributed by atoms with van der Waals surface area (Å²) >= 11 is 0. The smallest absolute Gasteiger partial charge is 0.321 e. The molecule has 11 heavy (non-hydrogen) atoms. The van der Waals surface area contributed by atoms with E-state index < -0.39 is 7.60 Å². The van der Waals surface area contributed by atoms with Gasteiger partial charge in [0.25, 0.3) is 0 Å². The molecule has 0 fully saturated rings. The molecule has 56 valence electrons. The number of hydrogen-bond donors (Lipinski definition) is 2. The zero-order valence-electron chi connectivity index (χ0n) is 5.84. The normalized spacial score (nSPS) is 10.4. The van der Waals surface area contributed by atoms with Crippen LogP contribution >= 0.6 is 7.60 Å². The first-order valence-electron chi connectivity index (χ1n) is 2.72. The molecule has 0 aliphatic heterocycles. The van der Waals surface area contributed by atoms with Gasteiger partial charge in [-0.05, 0) is 12.1 Å². The minimum Gasteiger partial charge on any atom is -0.321 e. The molecule has 0 radical (unpaired) electrons. The summed E-state index contributed by atoms with van der Waals surface area (Å²) in [5.74, 6) is 0. The van der Waals surface area contributed by atoms with E-state index in [2.05, 4.69) is 0 Å². The fourth-order valence-electron chi connectivity index (χ4n) is 0.622. The minimum atomic E-state index is -4.02. The summed E-state index contributed by atoms with van der Waals surface area (Å²) in [5.41, 5.74) is 0. The number of benzene rings is 1. The molecule has 2 N–H and O–H groups in total. The van der Waals surface area contributed by atoms with Gasteiger partial charge in [0.05, 0.1) is 5.30 Å². The van der Waals surface area contributed by atoms with Gasteiger partial charge in [0, 0.05) is 27.3 Å². The van der Waals surface area contributed by atoms with Gasteiger partial charge < -0.3 is 9.79 Å². The second kappa shape index (κ2) is 4.35. The Morgan fingerprint density at radius 2 is 1.55 bits per heavy atom. The summed E-state index contributed by atoms with van der Waals surface area (Å²) in [7, 11) is -4.02. The third-order valence-corrected chi connectivity index (χ3v) is 2.06. The first-order chi connectivity index (χ1) is 4.61. The predicted octanol–water partition coefficient (Wildman–Crippen LogP) is 0.487. The summed E-state index contributed by atoms with van der Waals surface area (Å²) in [6, 6.07) is 7.70. The summed E-state index contributed by atoms with van der Waals surface area (Å²) < 4.78 is 10.5. The van der Waals surface area contributed by atoms with Gasteiger partial charge in [0.15, 0.2) is 0 Å². The Labute approximate surface area is 84.8 Å². The van der Waals surface area contributed by atoms with Crippen LogP contribution in [-0.4, -0.2) is 9.79 Å². The van der Waals surface area contributed by atoms with Crippen LogP contribution in [0.3, 0.4) is 0 Å². The summed E-state index contributed by atoms with van der Waals surface area (Å²) in [6.45, 7) is 0. The molecule has 0 unspecified atom stereocenters. The van der Waals surface area contributed by atoms with Crippen LogP contribution in [-0.2, 0) is 31.9 Å². The van der Waals surface area contributed by atoms with Crippen LogP contribution in [0.5, 0.6) is 0 Å². The van der Waals surface area contributed by atoms with Crippen molar-refractivity contribution >= 4 is 12.9 Å². The maximum absolute atomic E-state index is 10.5. The number of rotatable bonds is 1. The first-order valence-corrected chi connectivity index (χ1v) is 4.33. The summed E-state index contributed by atoms with van der Waals surface area (Å²) in [5, 5.41) is 0.0648. The van der Waals surface area contributed by atoms with Crippen molar-refractivity contribution in [3.8, 4) is 0 Å². The molecular weight excluding hydrogens is 263 g/mol. The van der Waals surface area contributed by atoms with Gasteiger partial charge >= 0.3 is 7.60 Å². The molecule has 0 aliphatic carbocycles. The molecule has 0 amide bonds. The van der Waals surface area contributed by atoms with Crippen molar-refractivity contribution in [2.24, 2.45) is 0 Å². The Kier molecular flexibility index (Phi) is 4.47. The van der Waals surface area contributed by atoms with Crippen molar-refractivity contribution in [3.63, 3.8) is 0 Å². The molecule has 5 heteroatoms. The molecule has 0 saturated heterocycles. The van der Waals surface area contributed by atoms with Crippen LogP contribution in [0, 0.1) is 0 Å². The molecule has 1 aromatic carbocycles. The van der Waals surface area contributed by atoms with E-state index in [-0.39, 0.29) is 32.6 Å². The average molecular weight is 271 g/mol. The van der Waals surface area contributed by atoms with Crippen LogP contribution in [0.4, 0.5) is 0 Å². The SMILES string of the molecule is O=P(O)(O)c1ccccc1.[Cd]. The molecule has 0 bridgehead atoms. The zero-order chi connectivity index (χ0) is 7.61. The maximum Gasteiger partial charge on any atom is 0.356 e. The van der Waals surface area contributed by atoms with Crippen LogP contribution in [0.25, 0.3) is 0 Å². The maximum atomic E-state index is 10.5. The van der Waals surface area contributed by atoms with Crippen molar-refractivity contribution in [2.75, 3.05) is 0 Å². The van der Waals surface area contributed by atoms with Crippen LogP contribution in [0.2, 0.25) is 0 Å². The molecule has 0 atom stereocenters. The monoisotopic (exact) mass is 272 g/mol. The first kappa shape index (κ1) is 11.3. The van der Waals surface area contributed by atoms with Crippen molar-refractivity contribution in [1.29, 1.82) is 0 Å². The quantitative estimate of drug-likeness (QED) is 0.577. The molecule has 0 saturated carbocycles. The molecule has 3 nitrogen and oxygen atoms in total. The third-order valence-electron chi connectivity index (χ3n) is 1.09. The van der Waals surface area contributed by atoms with E-state index in [0.29, 0.717) is 0 Å². The van der Waals surface area contributed by atoms with E-state index in [1.807, 2.05) is 0 Å². The van der Waals surface area contributed by atoms with E-state index in [9.17, 15) is 4.57 Å². The topological polar surface area (TPSA) is 57.5 Å². The van der Waals surface area contributed by atoms with Gasteiger partial charge in [-0.3, -0.25) is 4.57 Å². The van der Waals surface area contributed by atoms with E-state index >= 15 is 0 Å².